The Morgan fingerprint density at radius 1 is 1.29 bits per heavy atom. The van der Waals surface area contributed by atoms with E-state index in [1.165, 1.54) is 0 Å². The summed E-state index contributed by atoms with van der Waals surface area (Å²) < 4.78 is 0. The van der Waals surface area contributed by atoms with Crippen molar-refractivity contribution in [3.05, 3.63) is 34.4 Å². The SMILES string of the molecule is Cc1cc(C=O)c(C2(O)CC2)cc1C. The molecule has 1 aliphatic rings. The van der Waals surface area contributed by atoms with Crippen LogP contribution in [0, 0.1) is 13.8 Å². The second kappa shape index (κ2) is 2.92. The van der Waals surface area contributed by atoms with Crippen LogP contribution in [0.5, 0.6) is 0 Å². The molecule has 0 atom stereocenters. The van der Waals surface area contributed by atoms with Gasteiger partial charge in [0.25, 0.3) is 0 Å². The number of rotatable bonds is 2. The molecule has 0 spiro atoms. The highest BCUT2D eigenvalue weighted by molar-refractivity contribution is 5.79. The van der Waals surface area contributed by atoms with Crippen molar-refractivity contribution in [2.75, 3.05) is 0 Å². The first-order valence-electron chi connectivity index (χ1n) is 4.86. The summed E-state index contributed by atoms with van der Waals surface area (Å²) in [4.78, 5) is 10.9. The molecule has 1 aliphatic carbocycles. The molecule has 0 amide bonds. The van der Waals surface area contributed by atoms with Crippen LogP contribution in [0.4, 0.5) is 0 Å². The van der Waals surface area contributed by atoms with E-state index >= 15 is 0 Å². The average Bonchev–Trinajstić information content (AvgIpc) is 2.89. The lowest BCUT2D eigenvalue weighted by Gasteiger charge is -2.13. The number of aryl methyl sites for hydroxylation is 2. The van der Waals surface area contributed by atoms with Gasteiger partial charge in [-0.3, -0.25) is 4.79 Å². The van der Waals surface area contributed by atoms with Crippen molar-refractivity contribution in [2.45, 2.75) is 32.3 Å². The molecule has 2 nitrogen and oxygen atoms in total. The summed E-state index contributed by atoms with van der Waals surface area (Å²) in [6.45, 7) is 3.97. The van der Waals surface area contributed by atoms with Crippen LogP contribution in [0.25, 0.3) is 0 Å². The van der Waals surface area contributed by atoms with E-state index in [1.807, 2.05) is 26.0 Å². The van der Waals surface area contributed by atoms with E-state index in [2.05, 4.69) is 0 Å². The van der Waals surface area contributed by atoms with Crippen molar-refractivity contribution in [1.29, 1.82) is 0 Å². The standard InChI is InChI=1S/C12H14O2/c1-8-5-10(7-13)11(6-9(8)2)12(14)3-4-12/h5-7,14H,3-4H2,1-2H3. The highest BCUT2D eigenvalue weighted by Gasteiger charge is 2.43. The normalized spacial score (nSPS) is 17.9. The van der Waals surface area contributed by atoms with Crippen molar-refractivity contribution >= 4 is 6.29 Å². The third-order valence-electron chi connectivity index (χ3n) is 3.02. The zero-order chi connectivity index (χ0) is 10.3. The Kier molecular flexibility index (Phi) is 1.96. The fraction of sp³-hybridized carbons (Fsp3) is 0.417. The molecule has 0 bridgehead atoms. The van der Waals surface area contributed by atoms with E-state index in [1.54, 1.807) is 0 Å². The van der Waals surface area contributed by atoms with Crippen LogP contribution in [0.2, 0.25) is 0 Å². The summed E-state index contributed by atoms with van der Waals surface area (Å²) in [6, 6.07) is 3.79. The van der Waals surface area contributed by atoms with Gasteiger partial charge in [0.1, 0.15) is 6.29 Å². The third-order valence-corrected chi connectivity index (χ3v) is 3.02. The lowest BCUT2D eigenvalue weighted by atomic mass is 9.96. The zero-order valence-corrected chi connectivity index (χ0v) is 8.50. The molecule has 2 rings (SSSR count). The lowest BCUT2D eigenvalue weighted by Crippen LogP contribution is -2.09. The molecule has 0 aromatic heterocycles. The Morgan fingerprint density at radius 3 is 2.36 bits per heavy atom. The molecule has 1 fully saturated rings. The van der Waals surface area contributed by atoms with Crippen molar-refractivity contribution in [3.8, 4) is 0 Å². The van der Waals surface area contributed by atoms with E-state index in [9.17, 15) is 9.90 Å². The quantitative estimate of drug-likeness (QED) is 0.725. The summed E-state index contributed by atoms with van der Waals surface area (Å²) in [7, 11) is 0. The Morgan fingerprint density at radius 2 is 1.86 bits per heavy atom. The molecule has 14 heavy (non-hydrogen) atoms. The van der Waals surface area contributed by atoms with E-state index < -0.39 is 5.60 Å². The van der Waals surface area contributed by atoms with Crippen LogP contribution in [-0.2, 0) is 5.60 Å². The molecular weight excluding hydrogens is 176 g/mol. The third kappa shape index (κ3) is 1.36. The molecule has 1 N–H and O–H groups in total. The summed E-state index contributed by atoms with van der Waals surface area (Å²) >= 11 is 0. The minimum absolute atomic E-state index is 0.633. The second-order valence-electron chi connectivity index (χ2n) is 4.17. The predicted molar refractivity (Wildman–Crippen MR) is 54.4 cm³/mol. The molecule has 2 heteroatoms. The number of aldehydes is 1. The van der Waals surface area contributed by atoms with Gasteiger partial charge in [-0.15, -0.1) is 0 Å². The molecule has 1 aromatic rings. The summed E-state index contributed by atoms with van der Waals surface area (Å²) in [6.07, 6.45) is 2.38. The van der Waals surface area contributed by atoms with Crippen LogP contribution < -0.4 is 0 Å². The van der Waals surface area contributed by atoms with Gasteiger partial charge in [-0.1, -0.05) is 6.07 Å². The Balaban J connectivity index is 2.58. The fourth-order valence-electron chi connectivity index (χ4n) is 1.73. The van der Waals surface area contributed by atoms with E-state index in [0.29, 0.717) is 5.56 Å². The van der Waals surface area contributed by atoms with Gasteiger partial charge < -0.3 is 5.11 Å². The van der Waals surface area contributed by atoms with Gasteiger partial charge in [0.15, 0.2) is 0 Å². The molecule has 1 aromatic carbocycles. The zero-order valence-electron chi connectivity index (χ0n) is 8.50. The maximum absolute atomic E-state index is 10.9. The van der Waals surface area contributed by atoms with E-state index in [0.717, 1.165) is 35.8 Å². The molecule has 1 saturated carbocycles. The first-order valence-corrected chi connectivity index (χ1v) is 4.86. The molecule has 0 heterocycles. The van der Waals surface area contributed by atoms with Gasteiger partial charge in [-0.25, -0.2) is 0 Å². The summed E-state index contributed by atoms with van der Waals surface area (Å²) in [5.74, 6) is 0. The van der Waals surface area contributed by atoms with Gasteiger partial charge in [-0.05, 0) is 49.4 Å². The monoisotopic (exact) mass is 190 g/mol. The predicted octanol–water partition coefficient (Wildman–Crippen LogP) is 2.10. The second-order valence-corrected chi connectivity index (χ2v) is 4.17. The molecular formula is C12H14O2. The van der Waals surface area contributed by atoms with Gasteiger partial charge >= 0.3 is 0 Å². The largest absolute Gasteiger partial charge is 0.385 e. The Bertz CT molecular complexity index is 390. The van der Waals surface area contributed by atoms with Crippen molar-refractivity contribution in [2.24, 2.45) is 0 Å². The van der Waals surface area contributed by atoms with Crippen LogP contribution >= 0.6 is 0 Å². The van der Waals surface area contributed by atoms with Gasteiger partial charge in [-0.2, -0.15) is 0 Å². The molecule has 0 aliphatic heterocycles. The highest BCUT2D eigenvalue weighted by atomic mass is 16.3. The Labute approximate surface area is 83.6 Å². The van der Waals surface area contributed by atoms with E-state index in [-0.39, 0.29) is 0 Å². The van der Waals surface area contributed by atoms with Crippen molar-refractivity contribution < 1.29 is 9.90 Å². The van der Waals surface area contributed by atoms with Gasteiger partial charge in [0, 0.05) is 5.56 Å². The number of hydrogen-bond acceptors (Lipinski definition) is 2. The molecule has 74 valence electrons. The topological polar surface area (TPSA) is 37.3 Å². The molecule has 0 saturated heterocycles. The van der Waals surface area contributed by atoms with Crippen LogP contribution in [0.15, 0.2) is 12.1 Å². The minimum Gasteiger partial charge on any atom is -0.385 e. The molecule has 0 radical (unpaired) electrons. The maximum Gasteiger partial charge on any atom is 0.150 e. The lowest BCUT2D eigenvalue weighted by molar-refractivity contribution is 0.110. The number of aliphatic hydroxyl groups is 1. The van der Waals surface area contributed by atoms with Crippen molar-refractivity contribution in [3.63, 3.8) is 0 Å². The first kappa shape index (κ1) is 9.41. The number of benzene rings is 1. The van der Waals surface area contributed by atoms with E-state index in [4.69, 9.17) is 0 Å². The number of carbonyl (C=O) groups excluding carboxylic acids is 1. The van der Waals surface area contributed by atoms with Crippen LogP contribution in [0.3, 0.4) is 0 Å². The minimum atomic E-state index is -0.714. The fourth-order valence-corrected chi connectivity index (χ4v) is 1.73. The smallest absolute Gasteiger partial charge is 0.150 e. The first-order chi connectivity index (χ1) is 6.57. The average molecular weight is 190 g/mol. The van der Waals surface area contributed by atoms with Crippen molar-refractivity contribution in [1.82, 2.24) is 0 Å². The van der Waals surface area contributed by atoms with Gasteiger partial charge in [0.05, 0.1) is 5.60 Å². The molecule has 0 unspecified atom stereocenters. The Hall–Kier alpha value is -1.15. The van der Waals surface area contributed by atoms with Gasteiger partial charge in [0.2, 0.25) is 0 Å². The van der Waals surface area contributed by atoms with Crippen LogP contribution in [-0.4, -0.2) is 11.4 Å². The number of hydrogen-bond donors (Lipinski definition) is 1. The van der Waals surface area contributed by atoms with Crippen LogP contribution in [0.1, 0.15) is 39.9 Å². The maximum atomic E-state index is 10.9. The number of carbonyl (C=O) groups is 1. The summed E-state index contributed by atoms with van der Waals surface area (Å²) in [5, 5.41) is 9.97. The summed E-state index contributed by atoms with van der Waals surface area (Å²) in [5.41, 5.74) is 2.95. The highest BCUT2D eigenvalue weighted by Crippen LogP contribution is 2.46.